The fourth-order valence-electron chi connectivity index (χ4n) is 1.56. The molecule has 1 unspecified atom stereocenters. The molecular weight excluding hydrogens is 220 g/mol. The molecule has 0 fully saturated rings. The largest absolute Gasteiger partial charge is 0.383 e. The molecule has 0 aromatic carbocycles. The first-order valence-corrected chi connectivity index (χ1v) is 4.75. The molecule has 2 heterocycles. The Morgan fingerprint density at radius 3 is 3.17 bits per heavy atom. The van der Waals surface area contributed by atoms with E-state index in [-0.39, 0.29) is 6.17 Å². The highest BCUT2D eigenvalue weighted by atomic mass is 79.9. The second-order valence-electron chi connectivity index (χ2n) is 2.95. The topological polar surface area (TPSA) is 55.9 Å². The number of nitrogens with zero attached hydrogens (tertiary/aromatic N) is 2. The number of aromatic nitrogens is 2. The molecule has 12 heavy (non-hydrogen) atoms. The van der Waals surface area contributed by atoms with Crippen LogP contribution >= 0.6 is 15.9 Å². The molecule has 2 rings (SSSR count). The van der Waals surface area contributed by atoms with Crippen molar-refractivity contribution < 1.29 is 0 Å². The van der Waals surface area contributed by atoms with Crippen LogP contribution in [0.2, 0.25) is 0 Å². The van der Waals surface area contributed by atoms with Crippen molar-refractivity contribution in [2.75, 3.05) is 12.3 Å². The first-order valence-electron chi connectivity index (χ1n) is 3.95. The van der Waals surface area contributed by atoms with Gasteiger partial charge in [-0.15, -0.1) is 0 Å². The van der Waals surface area contributed by atoms with Crippen molar-refractivity contribution in [3.05, 3.63) is 10.4 Å². The third-order valence-corrected chi connectivity index (χ3v) is 2.74. The van der Waals surface area contributed by atoms with Crippen LogP contribution in [0.15, 0.2) is 4.60 Å². The molecule has 1 aromatic heterocycles. The molecule has 1 aromatic rings. The number of nitrogens with two attached hydrogens (primary N) is 1. The minimum Gasteiger partial charge on any atom is -0.383 e. The van der Waals surface area contributed by atoms with E-state index in [9.17, 15) is 0 Å². The number of fused-ring (bicyclic) bond motifs is 1. The maximum atomic E-state index is 5.83. The van der Waals surface area contributed by atoms with E-state index in [0.717, 1.165) is 23.4 Å². The first kappa shape index (κ1) is 8.07. The van der Waals surface area contributed by atoms with Crippen LogP contribution in [0.3, 0.4) is 0 Å². The van der Waals surface area contributed by atoms with Crippen molar-refractivity contribution in [3.63, 3.8) is 0 Å². The number of nitrogen functional groups attached to an aromatic ring is 1. The van der Waals surface area contributed by atoms with E-state index >= 15 is 0 Å². The van der Waals surface area contributed by atoms with Crippen molar-refractivity contribution in [1.29, 1.82) is 0 Å². The minimum absolute atomic E-state index is 0.257. The van der Waals surface area contributed by atoms with E-state index in [4.69, 9.17) is 5.73 Å². The van der Waals surface area contributed by atoms with Gasteiger partial charge in [-0.25, -0.2) is 4.98 Å². The fourth-order valence-corrected chi connectivity index (χ4v) is 1.95. The number of anilines is 1. The second kappa shape index (κ2) is 2.74. The van der Waals surface area contributed by atoms with Crippen LogP contribution in [0, 0.1) is 0 Å². The van der Waals surface area contributed by atoms with Gasteiger partial charge in [-0.2, -0.15) is 0 Å². The van der Waals surface area contributed by atoms with Crippen LogP contribution in [-0.2, 0) is 6.42 Å². The molecular formula is C7H11BrN4. The number of hydrogen-bond donors (Lipinski definition) is 2. The molecule has 0 spiro atoms. The van der Waals surface area contributed by atoms with Crippen LogP contribution in [-0.4, -0.2) is 16.1 Å². The van der Waals surface area contributed by atoms with Crippen LogP contribution in [0.5, 0.6) is 0 Å². The average Bonchev–Trinajstić information content (AvgIpc) is 2.29. The maximum absolute atomic E-state index is 5.83. The molecule has 0 radical (unpaired) electrons. The Hall–Kier alpha value is -0.550. The third kappa shape index (κ3) is 1.04. The van der Waals surface area contributed by atoms with Gasteiger partial charge in [0.05, 0.1) is 6.17 Å². The Labute approximate surface area is 79.3 Å². The predicted molar refractivity (Wildman–Crippen MR) is 50.8 cm³/mol. The van der Waals surface area contributed by atoms with Crippen LogP contribution in [0.1, 0.15) is 18.9 Å². The SMILES string of the molecule is CC1NCCc2nc(Br)c(N)n21. The van der Waals surface area contributed by atoms with Crippen molar-refractivity contribution >= 4 is 21.7 Å². The van der Waals surface area contributed by atoms with Crippen molar-refractivity contribution in [1.82, 2.24) is 14.9 Å². The number of rotatable bonds is 0. The number of nitrogens with one attached hydrogen (secondary N) is 1. The van der Waals surface area contributed by atoms with Crippen LogP contribution in [0.25, 0.3) is 0 Å². The van der Waals surface area contributed by atoms with Gasteiger partial charge in [0.15, 0.2) is 0 Å². The molecule has 0 amide bonds. The van der Waals surface area contributed by atoms with Crippen molar-refractivity contribution in [2.24, 2.45) is 0 Å². The fraction of sp³-hybridized carbons (Fsp3) is 0.571. The number of hydrogen-bond acceptors (Lipinski definition) is 3. The Kier molecular flexibility index (Phi) is 1.84. The molecule has 0 saturated heterocycles. The number of halogens is 1. The summed E-state index contributed by atoms with van der Waals surface area (Å²) in [5.41, 5.74) is 5.83. The van der Waals surface area contributed by atoms with Gasteiger partial charge < -0.3 is 5.73 Å². The third-order valence-electron chi connectivity index (χ3n) is 2.15. The van der Waals surface area contributed by atoms with E-state index in [1.165, 1.54) is 0 Å². The zero-order chi connectivity index (χ0) is 8.72. The summed E-state index contributed by atoms with van der Waals surface area (Å²) >= 11 is 3.32. The molecule has 4 nitrogen and oxygen atoms in total. The average molecular weight is 231 g/mol. The normalized spacial score (nSPS) is 22.3. The Morgan fingerprint density at radius 2 is 2.50 bits per heavy atom. The zero-order valence-electron chi connectivity index (χ0n) is 6.84. The van der Waals surface area contributed by atoms with E-state index in [1.54, 1.807) is 0 Å². The molecule has 1 aliphatic rings. The lowest BCUT2D eigenvalue weighted by atomic mass is 10.3. The van der Waals surface area contributed by atoms with Crippen molar-refractivity contribution in [2.45, 2.75) is 19.5 Å². The lowest BCUT2D eigenvalue weighted by Crippen LogP contribution is -2.33. The van der Waals surface area contributed by atoms with Crippen LogP contribution < -0.4 is 11.1 Å². The molecule has 1 atom stereocenters. The molecule has 0 saturated carbocycles. The molecule has 5 heteroatoms. The lowest BCUT2D eigenvalue weighted by molar-refractivity contribution is 0.391. The molecule has 0 bridgehead atoms. The van der Waals surface area contributed by atoms with Gasteiger partial charge in [-0.1, -0.05) is 0 Å². The van der Waals surface area contributed by atoms with Gasteiger partial charge >= 0.3 is 0 Å². The summed E-state index contributed by atoms with van der Waals surface area (Å²) in [6.45, 7) is 3.05. The maximum Gasteiger partial charge on any atom is 0.148 e. The summed E-state index contributed by atoms with van der Waals surface area (Å²) in [6.07, 6.45) is 1.20. The van der Waals surface area contributed by atoms with E-state index in [0.29, 0.717) is 5.82 Å². The molecule has 1 aliphatic heterocycles. The summed E-state index contributed by atoms with van der Waals surface area (Å²) < 4.78 is 2.78. The summed E-state index contributed by atoms with van der Waals surface area (Å²) in [5.74, 6) is 1.77. The number of imidazole rings is 1. The van der Waals surface area contributed by atoms with Gasteiger partial charge in [-0.05, 0) is 22.9 Å². The summed E-state index contributed by atoms with van der Waals surface area (Å²) in [4.78, 5) is 4.32. The summed E-state index contributed by atoms with van der Waals surface area (Å²) in [5, 5.41) is 3.31. The predicted octanol–water partition coefficient (Wildman–Crippen LogP) is 0.892. The summed E-state index contributed by atoms with van der Waals surface area (Å²) in [7, 11) is 0. The monoisotopic (exact) mass is 230 g/mol. The lowest BCUT2D eigenvalue weighted by Gasteiger charge is -2.23. The first-order chi connectivity index (χ1) is 5.70. The van der Waals surface area contributed by atoms with Gasteiger partial charge in [0, 0.05) is 13.0 Å². The Balaban J connectivity index is 2.54. The van der Waals surface area contributed by atoms with Crippen molar-refractivity contribution in [3.8, 4) is 0 Å². The highest BCUT2D eigenvalue weighted by Crippen LogP contribution is 2.25. The molecule has 66 valence electrons. The van der Waals surface area contributed by atoms with Gasteiger partial charge in [0.1, 0.15) is 16.2 Å². The minimum atomic E-state index is 0.257. The second-order valence-corrected chi connectivity index (χ2v) is 3.71. The van der Waals surface area contributed by atoms with E-state index < -0.39 is 0 Å². The smallest absolute Gasteiger partial charge is 0.148 e. The quantitative estimate of drug-likeness (QED) is 0.697. The summed E-state index contributed by atoms with van der Waals surface area (Å²) in [6, 6.07) is 0. The highest BCUT2D eigenvalue weighted by Gasteiger charge is 2.20. The molecule has 0 aliphatic carbocycles. The van der Waals surface area contributed by atoms with Crippen LogP contribution in [0.4, 0.5) is 5.82 Å². The Morgan fingerprint density at radius 1 is 1.75 bits per heavy atom. The Bertz CT molecular complexity index is 307. The highest BCUT2D eigenvalue weighted by molar-refractivity contribution is 9.10. The van der Waals surface area contributed by atoms with Gasteiger partial charge in [-0.3, -0.25) is 9.88 Å². The van der Waals surface area contributed by atoms with Gasteiger partial charge in [0.2, 0.25) is 0 Å². The van der Waals surface area contributed by atoms with Gasteiger partial charge in [0.25, 0.3) is 0 Å². The molecule has 3 N–H and O–H groups in total. The van der Waals surface area contributed by atoms with E-state index in [1.807, 2.05) is 4.57 Å². The zero-order valence-corrected chi connectivity index (χ0v) is 8.43. The van der Waals surface area contributed by atoms with E-state index in [2.05, 4.69) is 33.2 Å². The standard InChI is InChI=1S/C7H11BrN4/c1-4-10-3-2-5-11-6(8)7(9)12(4)5/h4,10H,2-3,9H2,1H3.